The Morgan fingerprint density at radius 3 is 2.82 bits per heavy atom. The van der Waals surface area contributed by atoms with Crippen LogP contribution in [0.15, 0.2) is 16.7 Å². The second kappa shape index (κ2) is 6.93. The molecule has 8 heteroatoms. The third-order valence-electron chi connectivity index (χ3n) is 3.81. The van der Waals surface area contributed by atoms with Gasteiger partial charge in [0.05, 0.1) is 11.8 Å². The minimum absolute atomic E-state index is 0. The van der Waals surface area contributed by atoms with Crippen molar-refractivity contribution in [2.45, 2.75) is 25.7 Å². The van der Waals surface area contributed by atoms with E-state index in [0.29, 0.717) is 23.2 Å². The van der Waals surface area contributed by atoms with Crippen molar-refractivity contribution in [2.24, 2.45) is 7.05 Å². The lowest BCUT2D eigenvalue weighted by molar-refractivity contribution is 0.102. The summed E-state index contributed by atoms with van der Waals surface area (Å²) in [4.78, 5) is 16.6. The van der Waals surface area contributed by atoms with E-state index in [9.17, 15) is 4.79 Å². The zero-order chi connectivity index (χ0) is 14.8. The number of hydrogen-bond acceptors (Lipinski definition) is 5. The Morgan fingerprint density at radius 2 is 2.18 bits per heavy atom. The molecule has 0 radical (unpaired) electrons. The van der Waals surface area contributed by atoms with Gasteiger partial charge < -0.3 is 9.73 Å². The van der Waals surface area contributed by atoms with E-state index in [4.69, 9.17) is 4.42 Å². The van der Waals surface area contributed by atoms with Crippen LogP contribution in [0.5, 0.6) is 0 Å². The third-order valence-corrected chi connectivity index (χ3v) is 3.81. The predicted molar refractivity (Wildman–Crippen MR) is 84.5 cm³/mol. The van der Waals surface area contributed by atoms with Crippen LogP contribution in [0.2, 0.25) is 0 Å². The summed E-state index contributed by atoms with van der Waals surface area (Å²) in [6.45, 7) is 3.73. The van der Waals surface area contributed by atoms with Gasteiger partial charge in [-0.15, -0.1) is 12.4 Å². The molecule has 3 heterocycles. The van der Waals surface area contributed by atoms with E-state index < -0.39 is 0 Å². The highest BCUT2D eigenvalue weighted by Gasteiger charge is 2.22. The Bertz CT molecular complexity index is 645. The largest absolute Gasteiger partial charge is 0.469 e. The maximum absolute atomic E-state index is 12.2. The summed E-state index contributed by atoms with van der Waals surface area (Å²) in [6, 6.07) is 1.65. The molecule has 0 atom stereocenters. The molecule has 3 rings (SSSR count). The number of nitrogens with zero attached hydrogens (tertiary/aromatic N) is 3. The highest BCUT2D eigenvalue weighted by atomic mass is 35.5. The second-order valence-electron chi connectivity index (χ2n) is 5.29. The normalized spacial score (nSPS) is 15.4. The fourth-order valence-corrected chi connectivity index (χ4v) is 2.56. The predicted octanol–water partition coefficient (Wildman–Crippen LogP) is 1.86. The van der Waals surface area contributed by atoms with Gasteiger partial charge in [0, 0.05) is 13.0 Å². The SMILES string of the molecule is Cc1occc1C(=O)Nc1nc(C2CCNCC2)nn1C.Cl. The summed E-state index contributed by atoms with van der Waals surface area (Å²) in [5, 5.41) is 10.5. The van der Waals surface area contributed by atoms with Gasteiger partial charge in [-0.1, -0.05) is 0 Å². The quantitative estimate of drug-likeness (QED) is 0.899. The molecule has 1 amide bonds. The molecule has 22 heavy (non-hydrogen) atoms. The van der Waals surface area contributed by atoms with Gasteiger partial charge in [0.25, 0.3) is 5.91 Å². The molecule has 1 aliphatic rings. The standard InChI is InChI=1S/C14H19N5O2.ClH/c1-9-11(5-8-21-9)13(20)17-14-16-12(18-19(14)2)10-3-6-15-7-4-10;/h5,8,10,15H,3-4,6-7H2,1-2H3,(H,16,17,18,20);1H. The Labute approximate surface area is 134 Å². The summed E-state index contributed by atoms with van der Waals surface area (Å²) >= 11 is 0. The van der Waals surface area contributed by atoms with Crippen molar-refractivity contribution in [3.05, 3.63) is 29.5 Å². The Morgan fingerprint density at radius 1 is 1.45 bits per heavy atom. The van der Waals surface area contributed by atoms with Crippen LogP contribution in [0.25, 0.3) is 0 Å². The maximum atomic E-state index is 12.2. The fourth-order valence-electron chi connectivity index (χ4n) is 2.56. The van der Waals surface area contributed by atoms with E-state index in [1.165, 1.54) is 6.26 Å². The van der Waals surface area contributed by atoms with Gasteiger partial charge in [-0.3, -0.25) is 10.1 Å². The van der Waals surface area contributed by atoms with Gasteiger partial charge in [0.15, 0.2) is 5.82 Å². The number of hydrogen-bond donors (Lipinski definition) is 2. The molecule has 1 aliphatic heterocycles. The number of carbonyl (C=O) groups excluding carboxylic acids is 1. The van der Waals surface area contributed by atoms with Crippen LogP contribution < -0.4 is 10.6 Å². The van der Waals surface area contributed by atoms with Crippen molar-refractivity contribution in [3.8, 4) is 0 Å². The van der Waals surface area contributed by atoms with Gasteiger partial charge in [-0.25, -0.2) is 4.68 Å². The molecule has 2 aromatic heterocycles. The highest BCUT2D eigenvalue weighted by Crippen LogP contribution is 2.23. The maximum Gasteiger partial charge on any atom is 0.261 e. The van der Waals surface area contributed by atoms with Crippen molar-refractivity contribution in [1.29, 1.82) is 0 Å². The van der Waals surface area contributed by atoms with E-state index >= 15 is 0 Å². The highest BCUT2D eigenvalue weighted by molar-refractivity contribution is 6.04. The number of nitrogens with one attached hydrogen (secondary N) is 2. The summed E-state index contributed by atoms with van der Waals surface area (Å²) in [5.74, 6) is 1.99. The Kier molecular flexibility index (Phi) is 5.20. The summed E-state index contributed by atoms with van der Waals surface area (Å²) in [7, 11) is 1.79. The first kappa shape index (κ1) is 16.5. The van der Waals surface area contributed by atoms with Gasteiger partial charge >= 0.3 is 0 Å². The number of aromatic nitrogens is 3. The molecule has 0 saturated carbocycles. The van der Waals surface area contributed by atoms with E-state index in [0.717, 1.165) is 31.8 Å². The molecule has 2 aromatic rings. The lowest BCUT2D eigenvalue weighted by Crippen LogP contribution is -2.27. The number of rotatable bonds is 3. The smallest absolute Gasteiger partial charge is 0.261 e. The van der Waals surface area contributed by atoms with Crippen LogP contribution in [0.3, 0.4) is 0 Å². The van der Waals surface area contributed by atoms with E-state index in [-0.39, 0.29) is 18.3 Å². The van der Waals surface area contributed by atoms with Crippen LogP contribution in [-0.4, -0.2) is 33.8 Å². The topological polar surface area (TPSA) is 85.0 Å². The van der Waals surface area contributed by atoms with Crippen molar-refractivity contribution in [2.75, 3.05) is 18.4 Å². The molecule has 1 fully saturated rings. The molecular formula is C14H20ClN5O2. The molecule has 7 nitrogen and oxygen atoms in total. The molecule has 0 bridgehead atoms. The lowest BCUT2D eigenvalue weighted by atomic mass is 9.98. The van der Waals surface area contributed by atoms with Crippen molar-refractivity contribution in [3.63, 3.8) is 0 Å². The molecule has 0 aromatic carbocycles. The zero-order valence-electron chi connectivity index (χ0n) is 12.6. The zero-order valence-corrected chi connectivity index (χ0v) is 13.4. The van der Waals surface area contributed by atoms with Crippen molar-refractivity contribution in [1.82, 2.24) is 20.1 Å². The van der Waals surface area contributed by atoms with Crippen LogP contribution in [0, 0.1) is 6.92 Å². The van der Waals surface area contributed by atoms with Crippen LogP contribution >= 0.6 is 12.4 Å². The lowest BCUT2D eigenvalue weighted by Gasteiger charge is -2.19. The number of carbonyl (C=O) groups is 1. The first-order chi connectivity index (χ1) is 10.1. The summed E-state index contributed by atoms with van der Waals surface area (Å²) in [6.07, 6.45) is 3.55. The summed E-state index contributed by atoms with van der Waals surface area (Å²) < 4.78 is 6.76. The van der Waals surface area contributed by atoms with Gasteiger partial charge in [0.1, 0.15) is 5.76 Å². The van der Waals surface area contributed by atoms with Crippen molar-refractivity contribution < 1.29 is 9.21 Å². The van der Waals surface area contributed by atoms with Crippen LogP contribution in [0.4, 0.5) is 5.95 Å². The van der Waals surface area contributed by atoms with Crippen LogP contribution in [0.1, 0.15) is 40.7 Å². The Hall–Kier alpha value is -1.86. The van der Waals surface area contributed by atoms with Gasteiger partial charge in [-0.2, -0.15) is 10.1 Å². The van der Waals surface area contributed by atoms with E-state index in [1.54, 1.807) is 24.7 Å². The summed E-state index contributed by atoms with van der Waals surface area (Å²) in [5.41, 5.74) is 0.515. The molecule has 0 aliphatic carbocycles. The molecule has 0 spiro atoms. The second-order valence-corrected chi connectivity index (χ2v) is 5.29. The average Bonchev–Trinajstić information content (AvgIpc) is 3.07. The molecule has 120 valence electrons. The molecule has 1 saturated heterocycles. The average molecular weight is 326 g/mol. The first-order valence-electron chi connectivity index (χ1n) is 7.12. The molecule has 0 unspecified atom stereocenters. The first-order valence-corrected chi connectivity index (χ1v) is 7.12. The van der Waals surface area contributed by atoms with E-state index in [2.05, 4.69) is 20.7 Å². The number of furan rings is 1. The number of aryl methyl sites for hydroxylation is 2. The third kappa shape index (κ3) is 3.31. The van der Waals surface area contributed by atoms with Crippen molar-refractivity contribution >= 4 is 24.3 Å². The molecule has 2 N–H and O–H groups in total. The number of amides is 1. The Balaban J connectivity index is 0.00000176. The minimum Gasteiger partial charge on any atom is -0.469 e. The molecular weight excluding hydrogens is 306 g/mol. The number of piperidine rings is 1. The van der Waals surface area contributed by atoms with Gasteiger partial charge in [0.2, 0.25) is 5.95 Å². The number of halogens is 1. The monoisotopic (exact) mass is 325 g/mol. The minimum atomic E-state index is -0.228. The number of anilines is 1. The van der Waals surface area contributed by atoms with E-state index in [1.807, 2.05) is 0 Å². The fraction of sp³-hybridized carbons (Fsp3) is 0.500. The van der Waals surface area contributed by atoms with Crippen LogP contribution in [-0.2, 0) is 7.05 Å². The van der Waals surface area contributed by atoms with Gasteiger partial charge in [-0.05, 0) is 38.9 Å².